The summed E-state index contributed by atoms with van der Waals surface area (Å²) in [6.07, 6.45) is 11.3. The van der Waals surface area contributed by atoms with Crippen molar-refractivity contribution in [3.63, 3.8) is 0 Å². The van der Waals surface area contributed by atoms with Crippen LogP contribution in [-0.4, -0.2) is 73.4 Å². The van der Waals surface area contributed by atoms with Gasteiger partial charge in [-0.25, -0.2) is 14.8 Å². The minimum absolute atomic E-state index is 0.104. The highest BCUT2D eigenvalue weighted by Crippen LogP contribution is 2.47. The minimum atomic E-state index is -0.337. The lowest BCUT2D eigenvalue weighted by Gasteiger charge is -2.48. The number of aryl methyl sites for hydroxylation is 1. The second kappa shape index (κ2) is 14.3. The molecule has 8 nitrogen and oxygen atoms in total. The predicted octanol–water partition coefficient (Wildman–Crippen LogP) is 7.16. The molecule has 4 aliphatic rings. The van der Waals surface area contributed by atoms with Gasteiger partial charge in [-0.05, 0) is 105 Å². The quantitative estimate of drug-likeness (QED) is 0.133. The molecule has 7 rings (SSSR count). The van der Waals surface area contributed by atoms with Gasteiger partial charge in [-0.15, -0.1) is 0 Å². The van der Waals surface area contributed by atoms with Crippen molar-refractivity contribution in [3.8, 4) is 5.75 Å². The Morgan fingerprint density at radius 1 is 1.17 bits per heavy atom. The van der Waals surface area contributed by atoms with Crippen molar-refractivity contribution >= 4 is 35.0 Å². The van der Waals surface area contributed by atoms with E-state index < -0.39 is 0 Å². The molecule has 1 aromatic heterocycles. The Labute approximate surface area is 286 Å². The number of fused-ring (bicyclic) bond motifs is 3. The van der Waals surface area contributed by atoms with Gasteiger partial charge >= 0.3 is 5.97 Å². The van der Waals surface area contributed by atoms with Gasteiger partial charge in [0.25, 0.3) is 0 Å². The first-order valence-corrected chi connectivity index (χ1v) is 18.3. The smallest absolute Gasteiger partial charge is 0.337 e. The fourth-order valence-electron chi connectivity index (χ4n) is 8.09. The van der Waals surface area contributed by atoms with Gasteiger partial charge in [-0.2, -0.15) is 0 Å². The van der Waals surface area contributed by atoms with Gasteiger partial charge < -0.3 is 23.8 Å². The maximum Gasteiger partial charge on any atom is 0.337 e. The Bertz CT molecular complexity index is 1560. The molecule has 0 unspecified atom stereocenters. The van der Waals surface area contributed by atoms with Crippen molar-refractivity contribution in [1.29, 1.82) is 0 Å². The number of thioether (sulfide) groups is 1. The molecule has 250 valence electrons. The average Bonchev–Trinajstić information content (AvgIpc) is 3.22. The van der Waals surface area contributed by atoms with Gasteiger partial charge in [0, 0.05) is 54.7 Å². The van der Waals surface area contributed by atoms with E-state index in [-0.39, 0.29) is 29.7 Å². The largest absolute Gasteiger partial charge is 0.490 e. The van der Waals surface area contributed by atoms with Crippen molar-refractivity contribution in [3.05, 3.63) is 76.6 Å². The van der Waals surface area contributed by atoms with Crippen molar-refractivity contribution in [2.45, 2.75) is 80.8 Å². The highest BCUT2D eigenvalue weighted by atomic mass is 35.5. The Kier molecular flexibility index (Phi) is 9.96. The summed E-state index contributed by atoms with van der Waals surface area (Å²) in [5.41, 5.74) is 4.00. The van der Waals surface area contributed by atoms with Crippen molar-refractivity contribution in [2.75, 3.05) is 44.1 Å². The van der Waals surface area contributed by atoms with E-state index in [1.807, 2.05) is 30.3 Å². The van der Waals surface area contributed by atoms with Crippen LogP contribution in [0.5, 0.6) is 5.75 Å². The molecule has 3 aromatic rings. The third kappa shape index (κ3) is 7.14. The maximum atomic E-state index is 12.6. The van der Waals surface area contributed by atoms with Gasteiger partial charge in [0.15, 0.2) is 5.16 Å². The van der Waals surface area contributed by atoms with Crippen LogP contribution < -0.4 is 9.64 Å². The van der Waals surface area contributed by atoms with Gasteiger partial charge in [0.2, 0.25) is 0 Å². The van der Waals surface area contributed by atoms with E-state index in [2.05, 4.69) is 33.9 Å². The molecule has 6 atom stereocenters. The minimum Gasteiger partial charge on any atom is -0.490 e. The van der Waals surface area contributed by atoms with Crippen molar-refractivity contribution < 1.29 is 23.7 Å². The molecule has 1 saturated carbocycles. The van der Waals surface area contributed by atoms with Gasteiger partial charge in [-0.1, -0.05) is 29.4 Å². The summed E-state index contributed by atoms with van der Waals surface area (Å²) < 4.78 is 24.7. The number of carbonyl (C=O) groups excluding carboxylic acids is 1. The van der Waals surface area contributed by atoms with E-state index in [9.17, 15) is 4.79 Å². The fourth-order valence-corrected chi connectivity index (χ4v) is 9.02. The summed E-state index contributed by atoms with van der Waals surface area (Å²) in [4.78, 5) is 23.8. The lowest BCUT2D eigenvalue weighted by molar-refractivity contribution is -0.126. The van der Waals surface area contributed by atoms with Gasteiger partial charge in [0.1, 0.15) is 5.75 Å². The van der Waals surface area contributed by atoms with Crippen LogP contribution in [0.3, 0.4) is 0 Å². The topological polar surface area (TPSA) is 83.0 Å². The maximum absolute atomic E-state index is 12.6. The second-order valence-electron chi connectivity index (χ2n) is 13.6. The van der Waals surface area contributed by atoms with Crippen LogP contribution in [0, 0.1) is 11.8 Å². The molecular weight excluding hydrogens is 634 g/mol. The van der Waals surface area contributed by atoms with Crippen LogP contribution in [0.1, 0.15) is 66.9 Å². The van der Waals surface area contributed by atoms with Crippen molar-refractivity contribution in [2.24, 2.45) is 11.8 Å². The molecule has 0 radical (unpaired) electrons. The first-order valence-electron chi connectivity index (χ1n) is 17.0. The van der Waals surface area contributed by atoms with E-state index in [0.717, 1.165) is 92.0 Å². The molecule has 3 heterocycles. The van der Waals surface area contributed by atoms with Crippen LogP contribution in [0.4, 0.5) is 5.69 Å². The molecular formula is C37H44ClN3O5S. The summed E-state index contributed by atoms with van der Waals surface area (Å²) in [6, 6.07) is 13.9. The summed E-state index contributed by atoms with van der Waals surface area (Å²) in [5.74, 6) is 2.24. The monoisotopic (exact) mass is 677 g/mol. The summed E-state index contributed by atoms with van der Waals surface area (Å²) in [7, 11) is 1.43. The molecule has 2 aromatic carbocycles. The number of nitrogens with zero attached hydrogens (tertiary/aromatic N) is 3. The van der Waals surface area contributed by atoms with Crippen LogP contribution in [0.25, 0.3) is 0 Å². The number of hydrogen-bond acceptors (Lipinski definition) is 9. The summed E-state index contributed by atoms with van der Waals surface area (Å²) >= 11 is 8.09. The number of benzene rings is 2. The Hall–Kier alpha value is -2.85. The van der Waals surface area contributed by atoms with E-state index in [4.69, 9.17) is 30.5 Å². The molecule has 10 heteroatoms. The zero-order valence-corrected chi connectivity index (χ0v) is 28.8. The Morgan fingerprint density at radius 2 is 2.04 bits per heavy atom. The zero-order valence-electron chi connectivity index (χ0n) is 27.2. The highest BCUT2D eigenvalue weighted by Gasteiger charge is 2.45. The highest BCUT2D eigenvalue weighted by molar-refractivity contribution is 7.99. The van der Waals surface area contributed by atoms with Gasteiger partial charge in [-0.3, -0.25) is 0 Å². The summed E-state index contributed by atoms with van der Waals surface area (Å²) in [6.45, 7) is 5.16. The SMILES string of the molecule is COC(=O)c1ccc2c(c1)N(C[C@@H]1CC[C@H]1[C@@H]1C[C@H](O[C@H](C)CSc3ncccn3)CCO1)C[C@@]1(CCCc3cc(Cl)ccc31)CO2. The van der Waals surface area contributed by atoms with E-state index >= 15 is 0 Å². The molecule has 1 spiro atoms. The molecule has 2 fully saturated rings. The van der Waals surface area contributed by atoms with Crippen LogP contribution in [0.2, 0.25) is 5.02 Å². The third-order valence-corrected chi connectivity index (χ3v) is 11.9. The van der Waals surface area contributed by atoms with Crippen LogP contribution >= 0.6 is 23.4 Å². The van der Waals surface area contributed by atoms with E-state index in [1.165, 1.54) is 18.2 Å². The van der Waals surface area contributed by atoms with Crippen molar-refractivity contribution in [1.82, 2.24) is 9.97 Å². The number of anilines is 1. The molecule has 2 aliphatic carbocycles. The van der Waals surface area contributed by atoms with Crippen LogP contribution in [-0.2, 0) is 26.0 Å². The second-order valence-corrected chi connectivity index (χ2v) is 15.0. The van der Waals surface area contributed by atoms with E-state index in [0.29, 0.717) is 24.0 Å². The lowest BCUT2D eigenvalue weighted by atomic mass is 9.67. The molecule has 0 bridgehead atoms. The number of halogens is 1. The lowest BCUT2D eigenvalue weighted by Crippen LogP contribution is -2.51. The fraction of sp³-hybridized carbons (Fsp3) is 0.541. The number of esters is 1. The summed E-state index contributed by atoms with van der Waals surface area (Å²) in [5, 5.41) is 1.57. The number of methoxy groups -OCH3 is 1. The molecule has 0 amide bonds. The normalized spacial score (nSPS) is 27.5. The van der Waals surface area contributed by atoms with Crippen LogP contribution in [0.15, 0.2) is 60.0 Å². The third-order valence-electron chi connectivity index (χ3n) is 10.5. The number of rotatable bonds is 9. The first-order chi connectivity index (χ1) is 22.9. The first kappa shape index (κ1) is 32.7. The number of hydrogen-bond donors (Lipinski definition) is 0. The Morgan fingerprint density at radius 3 is 2.85 bits per heavy atom. The molecule has 0 N–H and O–H groups in total. The Balaban J connectivity index is 1.08. The number of aromatic nitrogens is 2. The molecule has 2 aliphatic heterocycles. The molecule has 47 heavy (non-hydrogen) atoms. The van der Waals surface area contributed by atoms with Gasteiger partial charge in [0.05, 0.1) is 43.3 Å². The predicted molar refractivity (Wildman–Crippen MR) is 184 cm³/mol. The standard InChI is InChI=1S/C37H44ClN3O5S/c1-24(21-47-36-39-14-4-15-40-36)46-29-12-16-44-34(19-29)30-9-6-27(30)20-41-22-37(13-3-5-25-17-28(38)8-10-31(25)37)23-45-33-11-7-26(18-32(33)41)35(42)43-2/h4,7-8,10-11,14-15,17-18,24,27,29-30,34H,3,5-6,9,12-13,16,19-23H2,1-2H3/t24-,27+,29-,30-,34+,37+/m1/s1. The van der Waals surface area contributed by atoms with E-state index in [1.54, 1.807) is 24.2 Å². The molecule has 1 saturated heterocycles. The zero-order chi connectivity index (χ0) is 32.4. The number of ether oxygens (including phenoxy) is 4. The number of carbonyl (C=O) groups is 1. The average molecular weight is 678 g/mol.